The summed E-state index contributed by atoms with van der Waals surface area (Å²) in [7, 11) is 3.61. The Labute approximate surface area is 218 Å². The van der Waals surface area contributed by atoms with Crippen LogP contribution in [-0.4, -0.2) is 98.9 Å². The number of halogens is 1. The van der Waals surface area contributed by atoms with Gasteiger partial charge in [-0.2, -0.15) is 9.36 Å². The number of rotatable bonds is 11. The topological polar surface area (TPSA) is 206 Å². The molecule has 37 heavy (non-hydrogen) atoms. The maximum absolute atomic E-state index is 12.9. The first-order valence-electron chi connectivity index (χ1n) is 10.7. The van der Waals surface area contributed by atoms with Gasteiger partial charge in [-0.05, 0) is 18.6 Å². The van der Waals surface area contributed by atoms with E-state index in [-0.39, 0.29) is 26.9 Å². The van der Waals surface area contributed by atoms with E-state index < -0.39 is 53.7 Å². The number of primary amides is 1. The van der Waals surface area contributed by atoms with Gasteiger partial charge in [-0.15, -0.1) is 11.8 Å². The number of quaternary nitrogens is 1. The quantitative estimate of drug-likeness (QED) is 0.115. The van der Waals surface area contributed by atoms with Crippen molar-refractivity contribution < 1.29 is 38.0 Å². The minimum absolute atomic E-state index is 0.0278. The number of amides is 3. The molecule has 3 heterocycles. The van der Waals surface area contributed by atoms with Gasteiger partial charge in [0, 0.05) is 17.3 Å². The molecule has 0 saturated carbocycles. The van der Waals surface area contributed by atoms with Gasteiger partial charge in [-0.3, -0.25) is 19.3 Å². The van der Waals surface area contributed by atoms with Crippen LogP contribution < -0.4 is 21.9 Å². The number of likely N-dealkylation sites (N-methyl/N-ethyl adjacent to an activating group) is 1. The van der Waals surface area contributed by atoms with E-state index in [9.17, 15) is 28.7 Å². The van der Waals surface area contributed by atoms with Crippen molar-refractivity contribution in [3.05, 3.63) is 29.2 Å². The lowest BCUT2D eigenvalue weighted by molar-refractivity contribution is -0.898. The molecule has 1 saturated heterocycles. The average Bonchev–Trinajstić information content (AvgIpc) is 3.27. The number of hydrogen-bond donors (Lipinski definition) is 3. The molecule has 1 fully saturated rings. The highest BCUT2D eigenvalue weighted by Gasteiger charge is 2.53. The molecule has 2 aliphatic rings. The molecule has 0 radical (unpaired) electrons. The summed E-state index contributed by atoms with van der Waals surface area (Å²) in [6.45, 7) is 0.737. The number of carbonyl (C=O) groups is 4. The van der Waals surface area contributed by atoms with E-state index >= 15 is 0 Å². The van der Waals surface area contributed by atoms with Crippen molar-refractivity contribution in [1.29, 1.82) is 0 Å². The number of anilines is 1. The molecule has 2 aliphatic heterocycles. The number of aromatic nitrogens is 2. The predicted molar refractivity (Wildman–Crippen MR) is 130 cm³/mol. The van der Waals surface area contributed by atoms with Crippen molar-refractivity contribution >= 4 is 57.8 Å². The summed E-state index contributed by atoms with van der Waals surface area (Å²) in [4.78, 5) is 58.3. The zero-order chi connectivity index (χ0) is 27.5. The highest BCUT2D eigenvalue weighted by Crippen LogP contribution is 2.40. The van der Waals surface area contributed by atoms with Crippen molar-refractivity contribution in [2.45, 2.75) is 24.4 Å². The number of allylic oxidation sites excluding steroid dienone is 1. The molecule has 3 atom stereocenters. The summed E-state index contributed by atoms with van der Waals surface area (Å²) in [5, 5.41) is 17.0. The SMILES string of the molecule is C[C@@H](C(N)=O)[N+](C)(C)C/C=C/C1=C(C(=O)[O-])N2C(=O)[C@@H](NC(=O)/C(=N\OCF)c3nsc(N)n3)[C@@H]2SC1. The standard InChI is InChI=1S/C20H25FN8O6S2/c1-9(14(22)30)29(2,3)6-4-5-10-7-36-18-12(17(32)28(18)13(10)19(33)34)24-16(31)11(26-35-8-21)15-25-20(23)37-27-15/h4-5,9,12,18H,6-8H2,1-3H3,(H5-,22,23,24,25,27,30,31,33,34)/b5-4+,26-11-/t9-,12+,18-/m0/s1. The van der Waals surface area contributed by atoms with Crippen molar-refractivity contribution in [2.75, 3.05) is 39.0 Å². The van der Waals surface area contributed by atoms with Crippen molar-refractivity contribution in [1.82, 2.24) is 19.6 Å². The Bertz CT molecular complexity index is 1200. The molecule has 5 N–H and O–H groups in total. The van der Waals surface area contributed by atoms with Crippen molar-refractivity contribution in [3.8, 4) is 0 Å². The normalized spacial score (nSPS) is 20.9. The monoisotopic (exact) mass is 556 g/mol. The second kappa shape index (κ2) is 11.2. The smallest absolute Gasteiger partial charge is 0.278 e. The Kier molecular flexibility index (Phi) is 8.49. The van der Waals surface area contributed by atoms with E-state index in [0.717, 1.165) is 16.4 Å². The van der Waals surface area contributed by atoms with E-state index in [1.807, 2.05) is 0 Å². The number of hydrogen-bond acceptors (Lipinski definition) is 12. The molecule has 0 aromatic carbocycles. The molecule has 200 valence electrons. The van der Waals surface area contributed by atoms with Crippen LogP contribution in [0.25, 0.3) is 0 Å². The minimum atomic E-state index is -1.55. The zero-order valence-corrected chi connectivity index (χ0v) is 21.7. The maximum atomic E-state index is 12.9. The molecular weight excluding hydrogens is 531 g/mol. The summed E-state index contributed by atoms with van der Waals surface area (Å²) in [6.07, 6.45) is 3.26. The van der Waals surface area contributed by atoms with E-state index in [1.165, 1.54) is 11.8 Å². The number of carboxylic acids is 1. The Morgan fingerprint density at radius 1 is 1.43 bits per heavy atom. The number of carboxylic acid groups (broad SMARTS) is 1. The first-order valence-corrected chi connectivity index (χ1v) is 12.5. The van der Waals surface area contributed by atoms with Gasteiger partial charge in [0.25, 0.3) is 24.6 Å². The highest BCUT2D eigenvalue weighted by atomic mass is 32.2. The van der Waals surface area contributed by atoms with Gasteiger partial charge in [0.1, 0.15) is 11.4 Å². The first kappa shape index (κ1) is 28.0. The lowest BCUT2D eigenvalue weighted by Crippen LogP contribution is -2.71. The fraction of sp³-hybridized carbons (Fsp3) is 0.450. The average molecular weight is 557 g/mol. The van der Waals surface area contributed by atoms with Crippen LogP contribution in [0.15, 0.2) is 28.6 Å². The number of nitrogens with two attached hydrogens (primary N) is 2. The maximum Gasteiger partial charge on any atom is 0.278 e. The van der Waals surface area contributed by atoms with E-state index in [4.69, 9.17) is 11.5 Å². The number of nitrogens with one attached hydrogen (secondary N) is 1. The van der Waals surface area contributed by atoms with Crippen LogP contribution in [0.3, 0.4) is 0 Å². The van der Waals surface area contributed by atoms with Crippen LogP contribution in [0.1, 0.15) is 12.7 Å². The number of nitrogens with zero attached hydrogens (tertiary/aromatic N) is 5. The summed E-state index contributed by atoms with van der Waals surface area (Å²) in [5.74, 6) is -3.66. The third-order valence-corrected chi connectivity index (χ3v) is 7.75. The lowest BCUT2D eigenvalue weighted by Gasteiger charge is -2.50. The third-order valence-electron chi connectivity index (χ3n) is 5.91. The van der Waals surface area contributed by atoms with Gasteiger partial charge in [-0.25, -0.2) is 4.39 Å². The number of fused-ring (bicyclic) bond motifs is 1. The summed E-state index contributed by atoms with van der Waals surface area (Å²) in [5.41, 5.74) is 10.4. The summed E-state index contributed by atoms with van der Waals surface area (Å²) < 4.78 is 16.5. The van der Waals surface area contributed by atoms with E-state index in [1.54, 1.807) is 33.2 Å². The molecule has 0 aliphatic carbocycles. The van der Waals surface area contributed by atoms with Crippen LogP contribution in [0.2, 0.25) is 0 Å². The van der Waals surface area contributed by atoms with Gasteiger partial charge in [0.15, 0.2) is 11.2 Å². The molecule has 14 nitrogen and oxygen atoms in total. The molecule has 0 unspecified atom stereocenters. The van der Waals surface area contributed by atoms with Crippen molar-refractivity contribution in [2.24, 2.45) is 10.9 Å². The number of aliphatic carboxylic acids is 1. The number of thioether (sulfide) groups is 1. The van der Waals surface area contributed by atoms with Crippen molar-refractivity contribution in [3.63, 3.8) is 0 Å². The van der Waals surface area contributed by atoms with Crippen LogP contribution in [-0.2, 0) is 24.0 Å². The molecular formula is C20H25FN8O6S2. The Morgan fingerprint density at radius 3 is 2.70 bits per heavy atom. The molecule has 0 spiro atoms. The second-order valence-electron chi connectivity index (χ2n) is 8.60. The fourth-order valence-electron chi connectivity index (χ4n) is 3.54. The lowest BCUT2D eigenvalue weighted by atomic mass is 10.0. The third kappa shape index (κ3) is 5.89. The van der Waals surface area contributed by atoms with E-state index in [0.29, 0.717) is 12.1 Å². The van der Waals surface area contributed by atoms with E-state index in [2.05, 4.69) is 24.7 Å². The van der Waals surface area contributed by atoms with Gasteiger partial charge in [0.05, 0.1) is 32.3 Å². The van der Waals surface area contributed by atoms with Gasteiger partial charge in [-0.1, -0.05) is 11.2 Å². The molecule has 17 heteroatoms. The first-order chi connectivity index (χ1) is 17.4. The molecule has 1 aromatic heterocycles. The predicted octanol–water partition coefficient (Wildman–Crippen LogP) is -2.32. The van der Waals surface area contributed by atoms with Crippen LogP contribution in [0, 0.1) is 0 Å². The Morgan fingerprint density at radius 2 is 2.14 bits per heavy atom. The second-order valence-corrected chi connectivity index (χ2v) is 10.5. The Balaban J connectivity index is 1.77. The molecule has 1 aromatic rings. The van der Waals surface area contributed by atoms with Crippen LogP contribution >= 0.6 is 23.3 Å². The molecule has 3 amide bonds. The van der Waals surface area contributed by atoms with Crippen LogP contribution in [0.5, 0.6) is 0 Å². The largest absolute Gasteiger partial charge is 0.543 e. The molecule has 3 rings (SSSR count). The molecule has 0 bridgehead atoms. The summed E-state index contributed by atoms with van der Waals surface area (Å²) in [6, 6.07) is -1.58. The van der Waals surface area contributed by atoms with Gasteiger partial charge >= 0.3 is 0 Å². The minimum Gasteiger partial charge on any atom is -0.543 e. The van der Waals surface area contributed by atoms with Gasteiger partial charge < -0.3 is 36.0 Å². The van der Waals surface area contributed by atoms with Crippen LogP contribution in [0.4, 0.5) is 9.52 Å². The number of alkyl halides is 1. The number of carbonyl (C=O) groups excluding carboxylic acids is 4. The number of β-lactam (4-membered cyclic amide) rings is 1. The Hall–Kier alpha value is -3.57. The highest BCUT2D eigenvalue weighted by molar-refractivity contribution is 8.00. The summed E-state index contributed by atoms with van der Waals surface area (Å²) >= 11 is 2.00. The number of oxime groups is 1. The number of nitrogen functional groups attached to an aromatic ring is 1. The zero-order valence-electron chi connectivity index (χ0n) is 20.0. The van der Waals surface area contributed by atoms with Gasteiger partial charge in [0.2, 0.25) is 11.5 Å². The fourth-order valence-corrected chi connectivity index (χ4v) is 5.30.